The van der Waals surface area contributed by atoms with Crippen LogP contribution in [0, 0.1) is 0 Å². The normalized spacial score (nSPS) is 34.7. The van der Waals surface area contributed by atoms with Crippen LogP contribution in [0.25, 0.3) is 0 Å². The van der Waals surface area contributed by atoms with Crippen LogP contribution in [0.1, 0.15) is 6.92 Å². The number of carbonyl (C=O) groups is 1. The van der Waals surface area contributed by atoms with Gasteiger partial charge in [0.25, 0.3) is 0 Å². The van der Waals surface area contributed by atoms with E-state index in [1.54, 1.807) is 6.92 Å². The van der Waals surface area contributed by atoms with Crippen LogP contribution in [-0.4, -0.2) is 24.2 Å². The lowest BCUT2D eigenvalue weighted by molar-refractivity contribution is -0.142. The van der Waals surface area contributed by atoms with E-state index < -0.39 is 12.4 Å². The Morgan fingerprint density at radius 1 is 1.78 bits per heavy atom. The molecule has 0 N–H and O–H groups in total. The molecule has 1 aliphatic heterocycles. The fraction of sp³-hybridized carbons (Fsp3) is 0.800. The third kappa shape index (κ3) is 1.34. The van der Waals surface area contributed by atoms with E-state index in [9.17, 15) is 4.79 Å². The van der Waals surface area contributed by atoms with Gasteiger partial charge in [0.1, 0.15) is 0 Å². The summed E-state index contributed by atoms with van der Waals surface area (Å²) in [5.41, 5.74) is 0. The van der Waals surface area contributed by atoms with E-state index >= 15 is 0 Å². The van der Waals surface area contributed by atoms with E-state index in [0.717, 1.165) is 0 Å². The van der Waals surface area contributed by atoms with Crippen molar-refractivity contribution in [2.24, 2.45) is 0 Å². The van der Waals surface area contributed by atoms with E-state index in [0.29, 0.717) is 0 Å². The van der Waals surface area contributed by atoms with Crippen LogP contribution < -0.4 is 0 Å². The number of esters is 1. The molecule has 1 fully saturated rings. The van der Waals surface area contributed by atoms with E-state index in [-0.39, 0.29) is 11.8 Å². The number of alkyl halides is 1. The summed E-state index contributed by atoms with van der Waals surface area (Å²) in [6, 6.07) is 0. The zero-order chi connectivity index (χ0) is 6.85. The summed E-state index contributed by atoms with van der Waals surface area (Å²) in [6.07, 6.45) is -0.983. The molecule has 0 bridgehead atoms. The second kappa shape index (κ2) is 2.54. The fourth-order valence-corrected chi connectivity index (χ4v) is 0.852. The van der Waals surface area contributed by atoms with Crippen LogP contribution in [0.4, 0.5) is 0 Å². The van der Waals surface area contributed by atoms with E-state index in [1.165, 1.54) is 0 Å². The lowest BCUT2D eigenvalue weighted by Crippen LogP contribution is -2.17. The van der Waals surface area contributed by atoms with Crippen molar-refractivity contribution in [2.75, 3.05) is 5.88 Å². The molecule has 0 aromatic rings. The number of carbonyl (C=O) groups excluding carboxylic acids is 1. The van der Waals surface area contributed by atoms with Crippen LogP contribution in [0.5, 0.6) is 0 Å². The number of halogens is 1. The fourth-order valence-electron chi connectivity index (χ4n) is 0.653. The minimum Gasteiger partial charge on any atom is -0.434 e. The number of hydrogen-bond donors (Lipinski definition) is 0. The maximum absolute atomic E-state index is 10.6. The summed E-state index contributed by atoms with van der Waals surface area (Å²) in [5, 5.41) is 0. The standard InChI is InChI=1S/C5H7ClO3/c1-3-8-4(2-6)5(7)9-3/h3-4H,2H2,1H3. The first-order valence-electron chi connectivity index (χ1n) is 2.66. The Bertz CT molecular complexity index is 125. The average molecular weight is 151 g/mol. The van der Waals surface area contributed by atoms with Gasteiger partial charge in [-0.25, -0.2) is 4.79 Å². The first-order chi connectivity index (χ1) is 4.24. The Morgan fingerprint density at radius 3 is 2.67 bits per heavy atom. The molecule has 2 atom stereocenters. The van der Waals surface area contributed by atoms with Crippen molar-refractivity contribution in [3.63, 3.8) is 0 Å². The zero-order valence-corrected chi connectivity index (χ0v) is 5.72. The van der Waals surface area contributed by atoms with Crippen molar-refractivity contribution in [1.29, 1.82) is 0 Å². The maximum Gasteiger partial charge on any atom is 0.338 e. The Morgan fingerprint density at radius 2 is 2.44 bits per heavy atom. The second-order valence-corrected chi connectivity index (χ2v) is 2.09. The first-order valence-corrected chi connectivity index (χ1v) is 3.19. The Labute approximate surface area is 57.9 Å². The van der Waals surface area contributed by atoms with Gasteiger partial charge in [-0.1, -0.05) is 0 Å². The molecular weight excluding hydrogens is 144 g/mol. The van der Waals surface area contributed by atoms with Crippen molar-refractivity contribution in [2.45, 2.75) is 19.3 Å². The molecule has 0 aliphatic carbocycles. The quantitative estimate of drug-likeness (QED) is 0.404. The van der Waals surface area contributed by atoms with E-state index in [4.69, 9.17) is 16.3 Å². The topological polar surface area (TPSA) is 35.5 Å². The predicted octanol–water partition coefficient (Wildman–Crippen LogP) is 0.513. The first kappa shape index (κ1) is 6.83. The highest BCUT2D eigenvalue weighted by atomic mass is 35.5. The summed E-state index contributed by atoms with van der Waals surface area (Å²) in [6.45, 7) is 1.66. The summed E-state index contributed by atoms with van der Waals surface area (Å²) in [7, 11) is 0. The maximum atomic E-state index is 10.6. The summed E-state index contributed by atoms with van der Waals surface area (Å²) < 4.78 is 9.54. The summed E-state index contributed by atoms with van der Waals surface area (Å²) >= 11 is 5.34. The number of hydrogen-bond acceptors (Lipinski definition) is 3. The molecule has 1 aliphatic rings. The van der Waals surface area contributed by atoms with Crippen LogP contribution >= 0.6 is 11.6 Å². The number of rotatable bonds is 1. The highest BCUT2D eigenvalue weighted by Crippen LogP contribution is 2.12. The molecule has 0 amide bonds. The van der Waals surface area contributed by atoms with Crippen LogP contribution in [0.2, 0.25) is 0 Å². The minimum absolute atomic E-state index is 0.170. The monoisotopic (exact) mass is 150 g/mol. The highest BCUT2D eigenvalue weighted by Gasteiger charge is 2.31. The third-order valence-corrected chi connectivity index (χ3v) is 1.32. The Balaban J connectivity index is 2.48. The van der Waals surface area contributed by atoms with Crippen molar-refractivity contribution < 1.29 is 14.3 Å². The van der Waals surface area contributed by atoms with Crippen LogP contribution in [-0.2, 0) is 14.3 Å². The van der Waals surface area contributed by atoms with Crippen molar-refractivity contribution in [3.05, 3.63) is 0 Å². The van der Waals surface area contributed by atoms with E-state index in [1.807, 2.05) is 0 Å². The average Bonchev–Trinajstić information content (AvgIpc) is 2.10. The lowest BCUT2D eigenvalue weighted by atomic mass is 10.4. The van der Waals surface area contributed by atoms with Crippen molar-refractivity contribution in [1.82, 2.24) is 0 Å². The van der Waals surface area contributed by atoms with Gasteiger partial charge in [0, 0.05) is 0 Å². The molecule has 0 aromatic carbocycles. The van der Waals surface area contributed by atoms with Gasteiger partial charge < -0.3 is 9.47 Å². The van der Waals surface area contributed by atoms with Gasteiger partial charge >= 0.3 is 5.97 Å². The number of ether oxygens (including phenoxy) is 2. The summed E-state index contributed by atoms with van der Waals surface area (Å²) in [5.74, 6) is -0.194. The molecule has 1 heterocycles. The van der Waals surface area contributed by atoms with Gasteiger partial charge in [0.05, 0.1) is 5.88 Å². The highest BCUT2D eigenvalue weighted by molar-refractivity contribution is 6.19. The van der Waals surface area contributed by atoms with Gasteiger partial charge in [-0.15, -0.1) is 11.6 Å². The molecular formula is C5H7ClO3. The van der Waals surface area contributed by atoms with Crippen molar-refractivity contribution >= 4 is 17.6 Å². The van der Waals surface area contributed by atoms with Crippen LogP contribution in [0.15, 0.2) is 0 Å². The molecule has 2 unspecified atom stereocenters. The van der Waals surface area contributed by atoms with Crippen LogP contribution in [0.3, 0.4) is 0 Å². The molecule has 0 spiro atoms. The SMILES string of the molecule is CC1OC(=O)C(CCl)O1. The smallest absolute Gasteiger partial charge is 0.338 e. The summed E-state index contributed by atoms with van der Waals surface area (Å²) in [4.78, 5) is 10.6. The zero-order valence-electron chi connectivity index (χ0n) is 4.96. The van der Waals surface area contributed by atoms with Gasteiger partial charge in [-0.3, -0.25) is 0 Å². The molecule has 1 saturated heterocycles. The lowest BCUT2D eigenvalue weighted by Gasteiger charge is -1.98. The van der Waals surface area contributed by atoms with Gasteiger partial charge in [0.15, 0.2) is 6.10 Å². The van der Waals surface area contributed by atoms with Gasteiger partial charge in [-0.05, 0) is 6.92 Å². The number of cyclic esters (lactones) is 1. The molecule has 0 aromatic heterocycles. The van der Waals surface area contributed by atoms with Gasteiger partial charge in [0.2, 0.25) is 6.29 Å². The third-order valence-electron chi connectivity index (χ3n) is 1.04. The molecule has 1 rings (SSSR count). The molecule has 52 valence electrons. The van der Waals surface area contributed by atoms with Crippen molar-refractivity contribution in [3.8, 4) is 0 Å². The molecule has 3 nitrogen and oxygen atoms in total. The Hall–Kier alpha value is -0.280. The van der Waals surface area contributed by atoms with Gasteiger partial charge in [-0.2, -0.15) is 0 Å². The predicted molar refractivity (Wildman–Crippen MR) is 31.1 cm³/mol. The second-order valence-electron chi connectivity index (χ2n) is 1.78. The molecule has 9 heavy (non-hydrogen) atoms. The Kier molecular flexibility index (Phi) is 1.93. The van der Waals surface area contributed by atoms with E-state index in [2.05, 4.69) is 4.74 Å². The minimum atomic E-state index is -0.554. The molecule has 0 radical (unpaired) electrons. The largest absolute Gasteiger partial charge is 0.434 e. The molecule has 4 heteroatoms. The molecule has 0 saturated carbocycles.